The molecule has 1 aliphatic carbocycles. The van der Waals surface area contributed by atoms with Gasteiger partial charge >= 0.3 is 12.1 Å². The van der Waals surface area contributed by atoms with E-state index in [1.165, 1.54) is 19.2 Å². The van der Waals surface area contributed by atoms with Crippen molar-refractivity contribution in [1.29, 1.82) is 0 Å². The molecular formula is C19H16F3NO2. The molecule has 1 aliphatic rings. The van der Waals surface area contributed by atoms with Crippen molar-refractivity contribution >= 4 is 5.97 Å². The van der Waals surface area contributed by atoms with Crippen molar-refractivity contribution in [1.82, 2.24) is 4.98 Å². The van der Waals surface area contributed by atoms with Gasteiger partial charge in [0, 0.05) is 11.8 Å². The van der Waals surface area contributed by atoms with Crippen molar-refractivity contribution in [2.45, 2.75) is 24.4 Å². The molecule has 0 radical (unpaired) electrons. The second-order valence-corrected chi connectivity index (χ2v) is 5.96. The van der Waals surface area contributed by atoms with E-state index in [1.54, 1.807) is 18.3 Å². The van der Waals surface area contributed by atoms with E-state index in [0.29, 0.717) is 24.1 Å². The molecule has 1 aromatic carbocycles. The lowest BCUT2D eigenvalue weighted by molar-refractivity contribution is -0.147. The number of nitrogens with zero attached hydrogens (tertiary/aromatic N) is 1. The molecule has 0 saturated carbocycles. The summed E-state index contributed by atoms with van der Waals surface area (Å²) in [6, 6.07) is 8.30. The van der Waals surface area contributed by atoms with Gasteiger partial charge in [0.25, 0.3) is 0 Å². The Balaban J connectivity index is 1.98. The van der Waals surface area contributed by atoms with Crippen molar-refractivity contribution in [2.24, 2.45) is 0 Å². The zero-order valence-corrected chi connectivity index (χ0v) is 13.5. The molecule has 0 bridgehead atoms. The van der Waals surface area contributed by atoms with Crippen LogP contribution < -0.4 is 0 Å². The minimum absolute atomic E-state index is 0.331. The fourth-order valence-corrected chi connectivity index (χ4v) is 3.08. The number of aromatic nitrogens is 1. The number of esters is 1. The summed E-state index contributed by atoms with van der Waals surface area (Å²) in [4.78, 5) is 16.6. The lowest BCUT2D eigenvalue weighted by Gasteiger charge is -2.26. The number of methoxy groups -OCH3 is 1. The van der Waals surface area contributed by atoms with Gasteiger partial charge in [-0.05, 0) is 42.7 Å². The van der Waals surface area contributed by atoms with Crippen molar-refractivity contribution in [3.05, 3.63) is 65.9 Å². The van der Waals surface area contributed by atoms with E-state index in [-0.39, 0.29) is 5.97 Å². The highest BCUT2D eigenvalue weighted by Gasteiger charge is 2.42. The molecule has 0 saturated heterocycles. The van der Waals surface area contributed by atoms with Crippen LogP contribution in [0.2, 0.25) is 0 Å². The van der Waals surface area contributed by atoms with Gasteiger partial charge in [0.05, 0.1) is 23.8 Å². The van der Waals surface area contributed by atoms with Gasteiger partial charge in [0.1, 0.15) is 0 Å². The Hall–Kier alpha value is -2.63. The number of carbonyl (C=O) groups excluding carboxylic acids is 1. The maximum absolute atomic E-state index is 12.7. The third-order valence-electron chi connectivity index (χ3n) is 4.50. The molecule has 2 aromatic rings. The first kappa shape index (κ1) is 17.2. The third-order valence-corrected chi connectivity index (χ3v) is 4.50. The summed E-state index contributed by atoms with van der Waals surface area (Å²) < 4.78 is 43.1. The fourth-order valence-electron chi connectivity index (χ4n) is 3.08. The predicted octanol–water partition coefficient (Wildman–Crippen LogP) is 4.53. The molecule has 3 nitrogen and oxygen atoms in total. The van der Waals surface area contributed by atoms with Gasteiger partial charge in [0.2, 0.25) is 0 Å². The van der Waals surface area contributed by atoms with Gasteiger partial charge in [-0.15, -0.1) is 0 Å². The average molecular weight is 347 g/mol. The van der Waals surface area contributed by atoms with Gasteiger partial charge in [-0.25, -0.2) is 0 Å². The normalized spacial score (nSPS) is 16.0. The first-order valence-corrected chi connectivity index (χ1v) is 7.74. The molecule has 0 spiro atoms. The molecule has 0 aliphatic heterocycles. The molecule has 3 rings (SSSR count). The van der Waals surface area contributed by atoms with Gasteiger partial charge < -0.3 is 4.74 Å². The van der Waals surface area contributed by atoms with Gasteiger partial charge in [-0.3, -0.25) is 9.78 Å². The summed E-state index contributed by atoms with van der Waals surface area (Å²) in [6.07, 6.45) is 2.08. The first-order valence-electron chi connectivity index (χ1n) is 7.74. The molecule has 0 unspecified atom stereocenters. The fraction of sp³-hybridized carbons (Fsp3) is 0.263. The number of hydrogen-bond acceptors (Lipinski definition) is 3. The van der Waals surface area contributed by atoms with E-state index in [1.807, 2.05) is 12.2 Å². The third kappa shape index (κ3) is 3.16. The van der Waals surface area contributed by atoms with Crippen LogP contribution in [-0.4, -0.2) is 18.1 Å². The minimum Gasteiger partial charge on any atom is -0.468 e. The van der Waals surface area contributed by atoms with Crippen molar-refractivity contribution < 1.29 is 22.7 Å². The average Bonchev–Trinajstić information content (AvgIpc) is 3.11. The zero-order chi connectivity index (χ0) is 18.1. The van der Waals surface area contributed by atoms with Crippen LogP contribution in [0.1, 0.15) is 24.0 Å². The number of hydrogen-bond donors (Lipinski definition) is 0. The molecule has 0 N–H and O–H groups in total. The molecule has 0 atom stereocenters. The Kier molecular flexibility index (Phi) is 4.37. The van der Waals surface area contributed by atoms with E-state index in [4.69, 9.17) is 4.74 Å². The summed E-state index contributed by atoms with van der Waals surface area (Å²) in [7, 11) is 1.35. The van der Waals surface area contributed by atoms with Crippen LogP contribution in [0, 0.1) is 0 Å². The first-order chi connectivity index (χ1) is 11.9. The molecule has 130 valence electrons. The Morgan fingerprint density at radius 1 is 1.12 bits per heavy atom. The molecule has 1 aromatic heterocycles. The highest BCUT2D eigenvalue weighted by molar-refractivity contribution is 5.85. The number of alkyl halides is 3. The number of allylic oxidation sites excluding steroid dienone is 2. The molecular weight excluding hydrogens is 331 g/mol. The molecule has 0 amide bonds. The van der Waals surface area contributed by atoms with Crippen molar-refractivity contribution in [2.75, 3.05) is 7.11 Å². The predicted molar refractivity (Wildman–Crippen MR) is 86.7 cm³/mol. The van der Waals surface area contributed by atoms with Crippen LogP contribution in [0.3, 0.4) is 0 Å². The van der Waals surface area contributed by atoms with Crippen LogP contribution in [0.5, 0.6) is 0 Å². The Morgan fingerprint density at radius 3 is 2.32 bits per heavy atom. The van der Waals surface area contributed by atoms with Crippen LogP contribution >= 0.6 is 0 Å². The van der Waals surface area contributed by atoms with E-state index in [2.05, 4.69) is 4.98 Å². The Labute approximate surface area is 143 Å². The lowest BCUT2D eigenvalue weighted by atomic mass is 9.78. The number of pyridine rings is 1. The maximum Gasteiger partial charge on any atom is 0.416 e. The highest BCUT2D eigenvalue weighted by atomic mass is 19.4. The number of rotatable bonds is 3. The van der Waals surface area contributed by atoms with Gasteiger partial charge in [-0.1, -0.05) is 24.3 Å². The highest BCUT2D eigenvalue weighted by Crippen LogP contribution is 2.39. The molecule has 25 heavy (non-hydrogen) atoms. The van der Waals surface area contributed by atoms with Crippen LogP contribution in [-0.2, 0) is 21.1 Å². The Bertz CT molecular complexity index is 802. The molecule has 0 fully saturated rings. The SMILES string of the molecule is COC(=O)C1(c2ccnc(-c3ccc(C(F)(F)F)cc3)c2)CC=CC1. The Morgan fingerprint density at radius 2 is 1.76 bits per heavy atom. The van der Waals surface area contributed by atoms with E-state index >= 15 is 0 Å². The second-order valence-electron chi connectivity index (χ2n) is 5.96. The summed E-state index contributed by atoms with van der Waals surface area (Å²) in [5.74, 6) is -0.331. The standard InChI is InChI=1S/C19H16F3NO2/c1-25-17(24)18(9-2-3-10-18)15-8-11-23-16(12-15)13-4-6-14(7-5-13)19(20,21)22/h2-8,11-12H,9-10H2,1H3. The van der Waals surface area contributed by atoms with Crippen LogP contribution in [0.4, 0.5) is 13.2 Å². The largest absolute Gasteiger partial charge is 0.468 e. The van der Waals surface area contributed by atoms with Gasteiger partial charge in [0.15, 0.2) is 0 Å². The van der Waals surface area contributed by atoms with E-state index in [9.17, 15) is 18.0 Å². The quantitative estimate of drug-likeness (QED) is 0.605. The summed E-state index contributed by atoms with van der Waals surface area (Å²) in [5, 5.41) is 0. The van der Waals surface area contributed by atoms with Crippen LogP contribution in [0.25, 0.3) is 11.3 Å². The number of carbonyl (C=O) groups is 1. The number of ether oxygens (including phenoxy) is 1. The zero-order valence-electron chi connectivity index (χ0n) is 13.5. The van der Waals surface area contributed by atoms with E-state index in [0.717, 1.165) is 17.7 Å². The number of halogens is 3. The van der Waals surface area contributed by atoms with Crippen LogP contribution in [0.15, 0.2) is 54.7 Å². The van der Waals surface area contributed by atoms with Gasteiger partial charge in [-0.2, -0.15) is 13.2 Å². The minimum atomic E-state index is -4.38. The van der Waals surface area contributed by atoms with Crippen molar-refractivity contribution in [3.8, 4) is 11.3 Å². The molecule has 6 heteroatoms. The smallest absolute Gasteiger partial charge is 0.416 e. The molecule has 1 heterocycles. The van der Waals surface area contributed by atoms with E-state index < -0.39 is 17.2 Å². The monoisotopic (exact) mass is 347 g/mol. The topological polar surface area (TPSA) is 39.2 Å². The lowest BCUT2D eigenvalue weighted by Crippen LogP contribution is -2.34. The summed E-state index contributed by atoms with van der Waals surface area (Å²) in [5.41, 5.74) is 0.313. The number of benzene rings is 1. The summed E-state index contributed by atoms with van der Waals surface area (Å²) >= 11 is 0. The summed E-state index contributed by atoms with van der Waals surface area (Å²) in [6.45, 7) is 0. The maximum atomic E-state index is 12.7. The van der Waals surface area contributed by atoms with Crippen molar-refractivity contribution in [3.63, 3.8) is 0 Å². The second kappa shape index (κ2) is 6.35.